The monoisotopic (exact) mass is 276 g/mol. The van der Waals surface area contributed by atoms with Crippen LogP contribution >= 0.6 is 0 Å². The van der Waals surface area contributed by atoms with Crippen molar-refractivity contribution in [2.45, 2.75) is 11.7 Å². The number of carboxylic acid groups (broad SMARTS) is 1. The zero-order valence-corrected chi connectivity index (χ0v) is 12.5. The van der Waals surface area contributed by atoms with Crippen molar-refractivity contribution in [3.63, 3.8) is 0 Å². The molecule has 0 aliphatic heterocycles. The van der Waals surface area contributed by atoms with Crippen molar-refractivity contribution in [2.24, 2.45) is 0 Å². The standard InChI is InChI=1S/C7H10O7S.K/c1-2-3-14-7(10)5(4-6(8)9)15(11,12)13;/h2,5H,1,3-4H2,(H,8,9)(H,11,12,13);/q;+1/p-1. The van der Waals surface area contributed by atoms with Crippen LogP contribution in [0, 0.1) is 0 Å². The van der Waals surface area contributed by atoms with Crippen molar-refractivity contribution < 1.29 is 83.8 Å². The van der Waals surface area contributed by atoms with Gasteiger partial charge >= 0.3 is 57.4 Å². The van der Waals surface area contributed by atoms with Gasteiger partial charge in [0.05, 0.1) is 0 Å². The summed E-state index contributed by atoms with van der Waals surface area (Å²) in [4.78, 5) is 21.1. The minimum atomic E-state index is -4.82. The molecule has 0 saturated heterocycles. The molecule has 0 aromatic rings. The molecule has 0 aliphatic rings. The minimum absolute atomic E-state index is 0. The van der Waals surface area contributed by atoms with Crippen LogP contribution in [0.15, 0.2) is 12.7 Å². The summed E-state index contributed by atoms with van der Waals surface area (Å²) in [5.41, 5.74) is 0. The van der Waals surface area contributed by atoms with Crippen molar-refractivity contribution in [2.75, 3.05) is 6.61 Å². The Kier molecular flexibility index (Phi) is 9.68. The maximum Gasteiger partial charge on any atom is 1.00 e. The van der Waals surface area contributed by atoms with Crippen LogP contribution in [0.2, 0.25) is 0 Å². The summed E-state index contributed by atoms with van der Waals surface area (Å²) in [6.07, 6.45) is 0.00673. The third-order valence-corrected chi connectivity index (χ3v) is 2.40. The molecule has 1 atom stereocenters. The number of aliphatic carboxylic acids is 1. The van der Waals surface area contributed by atoms with Crippen LogP contribution in [0.4, 0.5) is 0 Å². The molecule has 0 bridgehead atoms. The molecule has 7 nitrogen and oxygen atoms in total. The van der Waals surface area contributed by atoms with Gasteiger partial charge in [0.25, 0.3) is 10.1 Å². The van der Waals surface area contributed by atoms with Crippen molar-refractivity contribution in [1.29, 1.82) is 0 Å². The molecule has 0 aromatic heterocycles. The normalized spacial score (nSPS) is 12.1. The molecule has 1 N–H and O–H groups in total. The molecule has 0 spiro atoms. The molecule has 16 heavy (non-hydrogen) atoms. The smallest absolute Gasteiger partial charge is 0.550 e. The van der Waals surface area contributed by atoms with Crippen LogP contribution < -0.4 is 56.5 Å². The Morgan fingerprint density at radius 3 is 2.31 bits per heavy atom. The van der Waals surface area contributed by atoms with Crippen LogP contribution in [-0.2, 0) is 24.4 Å². The number of carbonyl (C=O) groups is 2. The molecule has 86 valence electrons. The number of ether oxygens (including phenoxy) is 1. The first-order valence-electron chi connectivity index (χ1n) is 3.72. The first kappa shape index (κ1) is 18.6. The fourth-order valence-corrected chi connectivity index (χ4v) is 1.35. The zero-order chi connectivity index (χ0) is 12.1. The Labute approximate surface area is 135 Å². The van der Waals surface area contributed by atoms with E-state index in [9.17, 15) is 23.1 Å². The average molecular weight is 276 g/mol. The molecule has 0 fully saturated rings. The first-order chi connectivity index (χ1) is 6.79. The number of hydrogen-bond donors (Lipinski definition) is 1. The number of rotatable bonds is 6. The summed E-state index contributed by atoms with van der Waals surface area (Å²) < 4.78 is 34.1. The van der Waals surface area contributed by atoms with Crippen molar-refractivity contribution in [3.8, 4) is 0 Å². The first-order valence-corrected chi connectivity index (χ1v) is 5.23. The zero-order valence-electron chi connectivity index (χ0n) is 8.58. The molecule has 0 amide bonds. The van der Waals surface area contributed by atoms with Gasteiger partial charge in [0.2, 0.25) is 0 Å². The van der Waals surface area contributed by atoms with Gasteiger partial charge in [-0.15, -0.1) is 0 Å². The van der Waals surface area contributed by atoms with E-state index < -0.39 is 33.7 Å². The number of carbonyl (C=O) groups excluding carboxylic acids is 2. The van der Waals surface area contributed by atoms with Crippen LogP contribution in [0.3, 0.4) is 0 Å². The molecule has 1 unspecified atom stereocenters. The van der Waals surface area contributed by atoms with Gasteiger partial charge < -0.3 is 14.6 Å². The number of carboxylic acids is 1. The van der Waals surface area contributed by atoms with Gasteiger partial charge in [0, 0.05) is 12.4 Å². The van der Waals surface area contributed by atoms with Gasteiger partial charge in [0.15, 0.2) is 5.25 Å². The second-order valence-corrected chi connectivity index (χ2v) is 4.10. The van der Waals surface area contributed by atoms with E-state index in [4.69, 9.17) is 4.55 Å². The van der Waals surface area contributed by atoms with Gasteiger partial charge in [-0.25, -0.2) is 0 Å². The Balaban J connectivity index is 0. The van der Waals surface area contributed by atoms with Crippen LogP contribution in [-0.4, -0.2) is 36.8 Å². The molecule has 0 rings (SSSR count). The van der Waals surface area contributed by atoms with E-state index in [0.29, 0.717) is 0 Å². The minimum Gasteiger partial charge on any atom is -0.550 e. The van der Waals surface area contributed by atoms with Gasteiger partial charge in [-0.1, -0.05) is 12.7 Å². The molecule has 0 radical (unpaired) electrons. The fraction of sp³-hybridized carbons (Fsp3) is 0.429. The summed E-state index contributed by atoms with van der Waals surface area (Å²) in [6, 6.07) is 0. The van der Waals surface area contributed by atoms with E-state index in [1.807, 2.05) is 0 Å². The van der Waals surface area contributed by atoms with E-state index in [2.05, 4.69) is 11.3 Å². The van der Waals surface area contributed by atoms with Gasteiger partial charge in [-0.3, -0.25) is 9.35 Å². The summed E-state index contributed by atoms with van der Waals surface area (Å²) in [5, 5.41) is 7.96. The second kappa shape index (κ2) is 8.34. The molecule has 9 heteroatoms. The maximum atomic E-state index is 11.0. The Morgan fingerprint density at radius 1 is 1.50 bits per heavy atom. The summed E-state index contributed by atoms with van der Waals surface area (Å²) >= 11 is 0. The van der Waals surface area contributed by atoms with E-state index in [1.165, 1.54) is 0 Å². The van der Waals surface area contributed by atoms with E-state index in [-0.39, 0.29) is 58.0 Å². The maximum absolute atomic E-state index is 11.0. The van der Waals surface area contributed by atoms with Crippen molar-refractivity contribution >= 4 is 22.1 Å². The third kappa shape index (κ3) is 7.49. The van der Waals surface area contributed by atoms with Gasteiger partial charge in [-0.05, 0) is 0 Å². The van der Waals surface area contributed by atoms with Gasteiger partial charge in [0.1, 0.15) is 6.61 Å². The van der Waals surface area contributed by atoms with Crippen LogP contribution in [0.1, 0.15) is 6.42 Å². The molecular formula is C7H9KO7S. The van der Waals surface area contributed by atoms with E-state index in [0.717, 1.165) is 6.08 Å². The van der Waals surface area contributed by atoms with Crippen molar-refractivity contribution in [3.05, 3.63) is 12.7 Å². The van der Waals surface area contributed by atoms with Crippen molar-refractivity contribution in [1.82, 2.24) is 0 Å². The summed E-state index contributed by atoms with van der Waals surface area (Å²) in [5.74, 6) is -3.14. The average Bonchev–Trinajstić information content (AvgIpc) is 2.08. The third-order valence-electron chi connectivity index (χ3n) is 1.32. The number of hydrogen-bond acceptors (Lipinski definition) is 6. The quantitative estimate of drug-likeness (QED) is 0.223. The fourth-order valence-electron chi connectivity index (χ4n) is 0.696. The van der Waals surface area contributed by atoms with Crippen LogP contribution in [0.25, 0.3) is 0 Å². The van der Waals surface area contributed by atoms with Crippen LogP contribution in [0.5, 0.6) is 0 Å². The topological polar surface area (TPSA) is 121 Å². The summed E-state index contributed by atoms with van der Waals surface area (Å²) in [7, 11) is -4.82. The Morgan fingerprint density at radius 2 is 2.00 bits per heavy atom. The van der Waals surface area contributed by atoms with E-state index in [1.54, 1.807) is 0 Å². The molecule has 0 heterocycles. The number of esters is 1. The largest absolute Gasteiger partial charge is 1.00 e. The predicted molar refractivity (Wildman–Crippen MR) is 46.1 cm³/mol. The van der Waals surface area contributed by atoms with E-state index >= 15 is 0 Å². The Bertz CT molecular complexity index is 361. The Hall–Kier alpha value is 0.226. The SMILES string of the molecule is C=CCOC(=O)C(CC(=O)[O-])S(=O)(=O)O.[K+]. The van der Waals surface area contributed by atoms with Gasteiger partial charge in [-0.2, -0.15) is 8.42 Å². The predicted octanol–water partition coefficient (Wildman–Crippen LogP) is -4.88. The molecule has 0 aromatic carbocycles. The molecule has 0 saturated carbocycles. The second-order valence-electron chi connectivity index (χ2n) is 2.50. The molecular weight excluding hydrogens is 267 g/mol. The molecule has 0 aliphatic carbocycles. The summed E-state index contributed by atoms with van der Waals surface area (Å²) in [6.45, 7) is 2.92.